The number of carbonyl (C=O) groups is 4. The highest BCUT2D eigenvalue weighted by atomic mass is 35.5. The molecule has 1 amide bonds. The Bertz CT molecular complexity index is 799. The number of hydrogen-bond acceptors (Lipinski definition) is 7. The number of benzene rings is 1. The number of nitrogens with zero attached hydrogens (tertiary/aromatic N) is 1. The van der Waals surface area contributed by atoms with Crippen molar-refractivity contribution in [3.8, 4) is 0 Å². The minimum absolute atomic E-state index is 0.0867. The molecule has 1 aromatic carbocycles. The Labute approximate surface area is 197 Å². The van der Waals surface area contributed by atoms with Crippen LogP contribution in [0.5, 0.6) is 0 Å². The first-order chi connectivity index (χ1) is 15.4. The van der Waals surface area contributed by atoms with Crippen molar-refractivity contribution in [1.82, 2.24) is 10.2 Å². The summed E-state index contributed by atoms with van der Waals surface area (Å²) in [7, 11) is 1.79. The molecule has 0 spiro atoms. The molecule has 0 aliphatic carbocycles. The number of aliphatic hydroxyl groups is 1. The summed E-state index contributed by atoms with van der Waals surface area (Å²) in [5.74, 6) is -5.11. The van der Waals surface area contributed by atoms with Gasteiger partial charge in [0, 0.05) is 24.3 Å². The second kappa shape index (κ2) is 15.0. The van der Waals surface area contributed by atoms with E-state index in [2.05, 4.69) is 29.4 Å². The fraction of sp³-hybridized carbons (Fsp3) is 0.524. The summed E-state index contributed by atoms with van der Waals surface area (Å²) in [5.41, 5.74) is -1.36. The predicted octanol–water partition coefficient (Wildman–Crippen LogP) is 1.59. The average Bonchev–Trinajstić information content (AvgIpc) is 2.72. The Hall–Kier alpha value is -2.89. The Morgan fingerprint density at radius 3 is 2.00 bits per heavy atom. The summed E-state index contributed by atoms with van der Waals surface area (Å²) in [4.78, 5) is 45.0. The molecule has 33 heavy (non-hydrogen) atoms. The molecule has 0 saturated carbocycles. The zero-order valence-corrected chi connectivity index (χ0v) is 19.7. The van der Waals surface area contributed by atoms with Gasteiger partial charge in [-0.3, -0.25) is 14.4 Å². The molecule has 1 rings (SSSR count). The summed E-state index contributed by atoms with van der Waals surface area (Å²) >= 11 is 5.94. The van der Waals surface area contributed by atoms with Crippen LogP contribution in [0.25, 0.3) is 0 Å². The van der Waals surface area contributed by atoms with Gasteiger partial charge in [0.05, 0.1) is 18.4 Å². The number of nitrogens with one attached hydrogen (secondary N) is 2. The van der Waals surface area contributed by atoms with Crippen molar-refractivity contribution in [3.63, 3.8) is 0 Å². The third-order valence-corrected chi connectivity index (χ3v) is 4.85. The number of hydrogen-bond donors (Lipinski definition) is 6. The van der Waals surface area contributed by atoms with Crippen LogP contribution in [-0.4, -0.2) is 88.0 Å². The van der Waals surface area contributed by atoms with E-state index in [1.54, 1.807) is 19.2 Å². The molecule has 1 aromatic rings. The van der Waals surface area contributed by atoms with Crippen LogP contribution in [0, 0.1) is 0 Å². The normalized spacial score (nSPS) is 10.7. The van der Waals surface area contributed by atoms with Crippen molar-refractivity contribution >= 4 is 41.1 Å². The summed E-state index contributed by atoms with van der Waals surface area (Å²) in [6, 6.07) is 5.27. The van der Waals surface area contributed by atoms with E-state index >= 15 is 0 Å². The van der Waals surface area contributed by atoms with Gasteiger partial charge in [0.2, 0.25) is 0 Å². The molecule has 6 N–H and O–H groups in total. The molecule has 0 aromatic heterocycles. The van der Waals surface area contributed by atoms with Crippen molar-refractivity contribution in [2.24, 2.45) is 0 Å². The van der Waals surface area contributed by atoms with E-state index in [9.17, 15) is 19.2 Å². The van der Waals surface area contributed by atoms with Gasteiger partial charge in [-0.15, -0.1) is 0 Å². The van der Waals surface area contributed by atoms with E-state index in [1.807, 2.05) is 6.07 Å². The molecule has 12 heteroatoms. The molecule has 0 aliphatic heterocycles. The maximum atomic E-state index is 12.1. The van der Waals surface area contributed by atoms with Gasteiger partial charge in [0.15, 0.2) is 5.60 Å². The van der Waals surface area contributed by atoms with Crippen LogP contribution in [0.3, 0.4) is 0 Å². The Balaban J connectivity index is 0.000000684. The van der Waals surface area contributed by atoms with Crippen molar-refractivity contribution in [3.05, 3.63) is 28.8 Å². The van der Waals surface area contributed by atoms with Crippen molar-refractivity contribution in [2.45, 2.75) is 38.7 Å². The molecule has 0 atom stereocenters. The molecule has 0 aliphatic rings. The van der Waals surface area contributed by atoms with Gasteiger partial charge >= 0.3 is 17.9 Å². The lowest BCUT2D eigenvalue weighted by Gasteiger charge is -2.18. The van der Waals surface area contributed by atoms with Crippen molar-refractivity contribution < 1.29 is 39.6 Å². The number of carboxylic acids is 3. The van der Waals surface area contributed by atoms with Crippen LogP contribution in [0.2, 0.25) is 5.02 Å². The first-order valence-corrected chi connectivity index (χ1v) is 10.6. The first kappa shape index (κ1) is 30.1. The number of aliphatic carboxylic acids is 3. The van der Waals surface area contributed by atoms with Crippen LogP contribution in [0.4, 0.5) is 5.69 Å². The van der Waals surface area contributed by atoms with Crippen LogP contribution in [-0.2, 0) is 14.4 Å². The fourth-order valence-electron chi connectivity index (χ4n) is 2.78. The molecule has 0 heterocycles. The first-order valence-electron chi connectivity index (χ1n) is 10.3. The molecule has 0 bridgehead atoms. The van der Waals surface area contributed by atoms with E-state index in [0.717, 1.165) is 31.7 Å². The Morgan fingerprint density at radius 2 is 1.58 bits per heavy atom. The lowest BCUT2D eigenvalue weighted by Crippen LogP contribution is -2.42. The topological polar surface area (TPSA) is 176 Å². The van der Waals surface area contributed by atoms with E-state index in [4.69, 9.17) is 32.0 Å². The largest absolute Gasteiger partial charge is 0.481 e. The molecule has 186 valence electrons. The second-order valence-electron chi connectivity index (χ2n) is 7.05. The number of carboxylic acid groups (broad SMARTS) is 3. The van der Waals surface area contributed by atoms with Crippen LogP contribution >= 0.6 is 11.6 Å². The summed E-state index contributed by atoms with van der Waals surface area (Å²) < 4.78 is 0. The predicted molar refractivity (Wildman–Crippen MR) is 123 cm³/mol. The van der Waals surface area contributed by atoms with Crippen LogP contribution in [0.1, 0.15) is 43.5 Å². The standard InChI is InChI=1S/C15H24ClN3O.C6H8O7/c1-4-19(5-2)10-6-9-18-15(20)13-11-12(16)7-8-14(13)17-3;7-3(8)1-6(13,5(11)12)2-4(9)10/h7-8,11,17H,4-6,9-10H2,1-3H3,(H,18,20);13H,1-2H2,(H,7,8)(H,9,10)(H,11,12). The average molecular weight is 490 g/mol. The lowest BCUT2D eigenvalue weighted by molar-refractivity contribution is -0.170. The number of rotatable bonds is 13. The van der Waals surface area contributed by atoms with Gasteiger partial charge in [-0.25, -0.2) is 4.79 Å². The molecule has 0 fully saturated rings. The fourth-order valence-corrected chi connectivity index (χ4v) is 2.95. The van der Waals surface area contributed by atoms with Crippen molar-refractivity contribution in [2.75, 3.05) is 38.5 Å². The zero-order valence-electron chi connectivity index (χ0n) is 18.9. The minimum Gasteiger partial charge on any atom is -0.481 e. The summed E-state index contributed by atoms with van der Waals surface area (Å²) in [5, 5.41) is 40.3. The number of halogens is 1. The number of carbonyl (C=O) groups excluding carboxylic acids is 1. The molecular formula is C21H32ClN3O8. The molecule has 0 unspecified atom stereocenters. The van der Waals surface area contributed by atoms with Gasteiger partial charge in [-0.05, 0) is 44.3 Å². The highest BCUT2D eigenvalue weighted by Crippen LogP contribution is 2.20. The molecule has 0 radical (unpaired) electrons. The monoisotopic (exact) mass is 489 g/mol. The maximum Gasteiger partial charge on any atom is 0.336 e. The van der Waals surface area contributed by atoms with Gasteiger partial charge in [-0.1, -0.05) is 25.4 Å². The van der Waals surface area contributed by atoms with Gasteiger partial charge < -0.3 is 36.0 Å². The highest BCUT2D eigenvalue weighted by Gasteiger charge is 2.40. The van der Waals surface area contributed by atoms with E-state index in [0.29, 0.717) is 17.1 Å². The molecule has 11 nitrogen and oxygen atoms in total. The second-order valence-corrected chi connectivity index (χ2v) is 7.49. The van der Waals surface area contributed by atoms with E-state index in [1.165, 1.54) is 0 Å². The van der Waals surface area contributed by atoms with Crippen LogP contribution in [0.15, 0.2) is 18.2 Å². The van der Waals surface area contributed by atoms with E-state index < -0.39 is 36.4 Å². The third-order valence-electron chi connectivity index (χ3n) is 4.61. The third kappa shape index (κ3) is 11.5. The Kier molecular flexibility index (Phi) is 13.7. The molecular weight excluding hydrogens is 458 g/mol. The SMILES string of the molecule is CCN(CC)CCCNC(=O)c1cc(Cl)ccc1NC.O=C(O)CC(O)(CC(=O)O)C(=O)O. The molecule has 0 saturated heterocycles. The summed E-state index contributed by atoms with van der Waals surface area (Å²) in [6.07, 6.45) is -1.34. The minimum atomic E-state index is -2.74. The van der Waals surface area contributed by atoms with Gasteiger partial charge in [0.1, 0.15) is 0 Å². The van der Waals surface area contributed by atoms with E-state index in [-0.39, 0.29) is 5.91 Å². The lowest BCUT2D eigenvalue weighted by atomic mass is 9.96. The van der Waals surface area contributed by atoms with Crippen LogP contribution < -0.4 is 10.6 Å². The maximum absolute atomic E-state index is 12.1. The van der Waals surface area contributed by atoms with Gasteiger partial charge in [0.25, 0.3) is 5.91 Å². The van der Waals surface area contributed by atoms with Crippen molar-refractivity contribution in [1.29, 1.82) is 0 Å². The summed E-state index contributed by atoms with van der Waals surface area (Å²) in [6.45, 7) is 8.05. The highest BCUT2D eigenvalue weighted by molar-refractivity contribution is 6.31. The van der Waals surface area contributed by atoms with Gasteiger partial charge in [-0.2, -0.15) is 0 Å². The Morgan fingerprint density at radius 1 is 1.03 bits per heavy atom. The zero-order chi connectivity index (χ0) is 25.6. The quantitative estimate of drug-likeness (QED) is 0.223. The number of amides is 1. The number of anilines is 1. The smallest absolute Gasteiger partial charge is 0.336 e.